The predicted octanol–water partition coefficient (Wildman–Crippen LogP) is 2.81. The molecule has 0 spiro atoms. The molecule has 4 heterocycles. The van der Waals surface area contributed by atoms with E-state index in [2.05, 4.69) is 60.2 Å². The molecule has 0 aromatic carbocycles. The van der Waals surface area contributed by atoms with Crippen molar-refractivity contribution in [3.8, 4) is 0 Å². The standard InChI is InChI=1S/C46H60N18O26/c1-15(65)74-13-28-36(79-19(5)69)41(82-22(8)72)45(86-28)75-14-29-37(89-44-31(58-64-52)39(81-21(7)71)35(78-18(4)68)27(85-44)12-54-60-48)42(83-23(9)73)46(87-29)90-40-32(76-16(2)66)24(55-61-49)10-25(56-62-50)33(40)88-43-30(57-63-51)38(80-20(6)70)34(77-17(3)67)26(84-43)11-53-59-47/h24-46H,10-14H2,1-9H3/t24-,25?,26?,27+,28-,29-,30?,31?,32?,33+,34+,35-,36+,37+,38-,39?,40-,41?,42?,43+,44-,45-,46+/m1/s1. The van der Waals surface area contributed by atoms with E-state index < -0.39 is 227 Å². The molecule has 1 saturated carbocycles. The number of carbonyl (C=O) groups is 9. The van der Waals surface area contributed by atoms with Gasteiger partial charge in [0.1, 0.15) is 61.4 Å². The monoisotopic (exact) mass is 1280 g/mol. The van der Waals surface area contributed by atoms with Gasteiger partial charge in [0.05, 0.1) is 37.9 Å². The van der Waals surface area contributed by atoms with Crippen LogP contribution in [0, 0.1) is 0 Å². The fourth-order valence-electron chi connectivity index (χ4n) is 10.3. The third kappa shape index (κ3) is 19.4. The topological polar surface area (TPSA) is 603 Å². The van der Waals surface area contributed by atoms with Crippen molar-refractivity contribution in [3.63, 3.8) is 0 Å². The van der Waals surface area contributed by atoms with E-state index in [1.807, 2.05) is 0 Å². The Balaban J connectivity index is 1.77. The van der Waals surface area contributed by atoms with E-state index in [1.165, 1.54) is 0 Å². The summed E-state index contributed by atoms with van der Waals surface area (Å²) in [7, 11) is 0. The lowest BCUT2D eigenvalue weighted by atomic mass is 9.83. The van der Waals surface area contributed by atoms with E-state index in [9.17, 15) is 76.3 Å². The van der Waals surface area contributed by atoms with E-state index in [1.54, 1.807) is 0 Å². The van der Waals surface area contributed by atoms with Gasteiger partial charge < -0.3 is 80.5 Å². The Morgan fingerprint density at radius 1 is 0.344 bits per heavy atom. The summed E-state index contributed by atoms with van der Waals surface area (Å²) < 4.78 is 100. The van der Waals surface area contributed by atoms with Gasteiger partial charge in [0.25, 0.3) is 0 Å². The smallest absolute Gasteiger partial charge is 0.303 e. The van der Waals surface area contributed by atoms with Gasteiger partial charge in [0.15, 0.2) is 67.9 Å². The average molecular weight is 1280 g/mol. The molecule has 4 aliphatic heterocycles. The third-order valence-electron chi connectivity index (χ3n) is 13.2. The van der Waals surface area contributed by atoms with Gasteiger partial charge in [-0.3, -0.25) is 43.2 Å². The Hall–Kier alpha value is -9.23. The molecule has 5 aliphatic rings. The van der Waals surface area contributed by atoms with Crippen LogP contribution in [0.15, 0.2) is 30.7 Å². The molecular weight excluding hydrogens is 1220 g/mol. The van der Waals surface area contributed by atoms with Crippen molar-refractivity contribution in [1.82, 2.24) is 0 Å². The second kappa shape index (κ2) is 33.9. The Labute approximate surface area is 505 Å². The van der Waals surface area contributed by atoms with Crippen molar-refractivity contribution in [3.05, 3.63) is 62.7 Å². The maximum absolute atomic E-state index is 13.5. The number of hydrogen-bond donors (Lipinski definition) is 0. The Morgan fingerprint density at radius 3 is 1.09 bits per heavy atom. The largest absolute Gasteiger partial charge is 0.463 e. The highest BCUT2D eigenvalue weighted by Gasteiger charge is 2.60. The zero-order chi connectivity index (χ0) is 66.5. The number of hydrogen-bond acceptors (Lipinski definition) is 32. The fourth-order valence-corrected chi connectivity index (χ4v) is 10.3. The summed E-state index contributed by atoms with van der Waals surface area (Å²) in [6.07, 6.45) is -35.6. The number of nitrogens with zero attached hydrogens (tertiary/aromatic N) is 18. The predicted molar refractivity (Wildman–Crippen MR) is 281 cm³/mol. The van der Waals surface area contributed by atoms with Gasteiger partial charge in [-0.15, -0.1) is 0 Å². The number of esters is 9. The minimum atomic E-state index is -2.21. The molecule has 44 heteroatoms. The van der Waals surface area contributed by atoms with Crippen molar-refractivity contribution in [2.24, 2.45) is 30.7 Å². The molecular formula is C46H60N18O26. The maximum Gasteiger partial charge on any atom is 0.303 e. The van der Waals surface area contributed by atoms with Crippen LogP contribution >= 0.6 is 0 Å². The highest BCUT2D eigenvalue weighted by Crippen LogP contribution is 2.41. The number of ether oxygens (including phenoxy) is 17. The third-order valence-corrected chi connectivity index (χ3v) is 13.2. The first-order valence-electron chi connectivity index (χ1n) is 26.7. The van der Waals surface area contributed by atoms with E-state index in [-0.39, 0.29) is 0 Å². The summed E-state index contributed by atoms with van der Waals surface area (Å²) in [6, 6.07) is -7.10. The zero-order valence-electron chi connectivity index (χ0n) is 49.0. The summed E-state index contributed by atoms with van der Waals surface area (Å²) in [5.41, 5.74) is 58.5. The lowest BCUT2D eigenvalue weighted by molar-refractivity contribution is -0.309. The molecule has 8 unspecified atom stereocenters. The SMILES string of the molecule is CC(=O)OC[C@H]1O[C@@H](OC[C@H]2O[C@@H](O[C@@H]3C(OC(C)=O)[C@H](N=[N+]=[N-])CC(N=[N+]=[N-])[C@@H]3O[C@@H]3OC(CN=[N+]=[N-])[C@H](OC(C)=O)[C@H](OC(C)=O)C3N=[N+]=[N-])C(OC(C)=O)[C@H]2O[C@H]2O[C@@H](CN=[N+]=[N-])[C@@H](OC(C)=O)C(OC(C)=O)C2N=[N+]=[N-])C(OC(C)=O)[C@H]1OC(C)=O. The number of carbonyl (C=O) groups excluding carboxylic acids is 9. The summed E-state index contributed by atoms with van der Waals surface area (Å²) in [5, 5.41) is 22.0. The summed E-state index contributed by atoms with van der Waals surface area (Å²) >= 11 is 0. The molecule has 490 valence electrons. The van der Waals surface area contributed by atoms with E-state index in [4.69, 9.17) is 80.5 Å². The van der Waals surface area contributed by atoms with Crippen LogP contribution in [0.25, 0.3) is 62.7 Å². The van der Waals surface area contributed by atoms with Crippen LogP contribution in [-0.2, 0) is 124 Å². The first kappa shape index (κ1) is 71.5. The molecule has 5 rings (SSSR count). The van der Waals surface area contributed by atoms with Gasteiger partial charge >= 0.3 is 53.7 Å². The first-order valence-corrected chi connectivity index (χ1v) is 26.7. The summed E-state index contributed by atoms with van der Waals surface area (Å²) in [4.78, 5) is 131. The molecule has 0 radical (unpaired) electrons. The van der Waals surface area contributed by atoms with Crippen LogP contribution in [0.4, 0.5) is 0 Å². The Bertz CT molecular complexity index is 2970. The van der Waals surface area contributed by atoms with Crippen LogP contribution in [-0.4, -0.2) is 221 Å². The van der Waals surface area contributed by atoms with E-state index in [0.29, 0.717) is 0 Å². The number of azide groups is 6. The molecule has 90 heavy (non-hydrogen) atoms. The quantitative estimate of drug-likeness (QED) is 0.0375. The Kier molecular flexibility index (Phi) is 27.0. The van der Waals surface area contributed by atoms with Crippen LogP contribution in [0.2, 0.25) is 0 Å². The second-order valence-corrected chi connectivity index (χ2v) is 19.7. The maximum atomic E-state index is 13.5. The molecule has 0 aromatic heterocycles. The van der Waals surface area contributed by atoms with Crippen molar-refractivity contribution >= 4 is 53.7 Å². The fraction of sp³-hybridized carbons (Fsp3) is 0.804. The molecule has 0 bridgehead atoms. The van der Waals surface area contributed by atoms with Crippen LogP contribution in [0.3, 0.4) is 0 Å². The molecule has 5 fully saturated rings. The second-order valence-electron chi connectivity index (χ2n) is 19.7. The highest BCUT2D eigenvalue weighted by atomic mass is 16.8. The zero-order valence-corrected chi connectivity index (χ0v) is 49.0. The van der Waals surface area contributed by atoms with Crippen LogP contribution in [0.5, 0.6) is 0 Å². The molecule has 0 aromatic rings. The van der Waals surface area contributed by atoms with E-state index >= 15 is 0 Å². The number of rotatable bonds is 27. The molecule has 0 amide bonds. The van der Waals surface area contributed by atoms with Gasteiger partial charge in [-0.2, -0.15) is 0 Å². The average Bonchev–Trinajstić information content (AvgIpc) is 1.16. The lowest BCUT2D eigenvalue weighted by Gasteiger charge is -2.48. The van der Waals surface area contributed by atoms with Crippen molar-refractivity contribution < 1.29 is 124 Å². The Morgan fingerprint density at radius 2 is 0.678 bits per heavy atom. The van der Waals surface area contributed by atoms with Gasteiger partial charge in [0.2, 0.25) is 0 Å². The molecule has 44 nitrogen and oxygen atoms in total. The lowest BCUT2D eigenvalue weighted by Crippen LogP contribution is -2.65. The normalized spacial score (nSPS) is 34.0. The van der Waals surface area contributed by atoms with Gasteiger partial charge in [-0.25, -0.2) is 0 Å². The minimum absolute atomic E-state index is 0.575. The van der Waals surface area contributed by atoms with Crippen molar-refractivity contribution in [2.45, 2.75) is 210 Å². The van der Waals surface area contributed by atoms with Gasteiger partial charge in [-0.1, -0.05) is 30.7 Å². The minimum Gasteiger partial charge on any atom is -0.463 e. The molecule has 4 saturated heterocycles. The highest BCUT2D eigenvalue weighted by molar-refractivity contribution is 5.70. The summed E-state index contributed by atoms with van der Waals surface area (Å²) in [5.74, 6) is -9.06. The first-order chi connectivity index (χ1) is 42.8. The van der Waals surface area contributed by atoms with Crippen LogP contribution in [0.1, 0.15) is 68.7 Å². The molecule has 0 N–H and O–H groups in total. The van der Waals surface area contributed by atoms with E-state index in [0.717, 1.165) is 62.3 Å². The molecule has 23 atom stereocenters. The van der Waals surface area contributed by atoms with Crippen LogP contribution < -0.4 is 0 Å². The van der Waals surface area contributed by atoms with Crippen molar-refractivity contribution in [1.29, 1.82) is 0 Å². The summed E-state index contributed by atoms with van der Waals surface area (Å²) in [6.45, 7) is 5.66. The van der Waals surface area contributed by atoms with Gasteiger partial charge in [0, 0.05) is 91.8 Å². The van der Waals surface area contributed by atoms with Crippen molar-refractivity contribution in [2.75, 3.05) is 26.3 Å². The van der Waals surface area contributed by atoms with Gasteiger partial charge in [-0.05, 0) is 39.6 Å². The molecule has 1 aliphatic carbocycles.